The number of piperidine rings is 1. The Kier molecular flexibility index (Phi) is 6.20. The number of nitrogens with one attached hydrogen (secondary N) is 1. The molecule has 1 N–H and O–H groups in total. The molecule has 162 valence electrons. The molecule has 1 aromatic rings. The molecule has 3 aliphatic rings. The van der Waals surface area contributed by atoms with Gasteiger partial charge < -0.3 is 19.9 Å². The molecule has 4 rings (SSSR count). The number of benzene rings is 1. The molecule has 0 aliphatic carbocycles. The molecule has 3 fully saturated rings. The van der Waals surface area contributed by atoms with Gasteiger partial charge >= 0.3 is 0 Å². The molecule has 3 heterocycles. The molecule has 0 radical (unpaired) electrons. The Morgan fingerprint density at radius 3 is 2.87 bits per heavy atom. The third-order valence-electron chi connectivity index (χ3n) is 6.58. The van der Waals surface area contributed by atoms with Crippen molar-refractivity contribution in [3.05, 3.63) is 47.8 Å². The Bertz CT molecular complexity index is 824. The van der Waals surface area contributed by atoms with Crippen LogP contribution in [0.1, 0.15) is 41.6 Å². The van der Waals surface area contributed by atoms with Crippen molar-refractivity contribution < 1.29 is 18.7 Å². The standard InChI is InChI=1S/C23H30FN3O3/c1-3-4-7-27-14-19(17-12-15(2)25-21(17)23(27)29)16-5-6-20(24)18(13-16)22(28)26-8-10-30-11-9-26/h3,5-6,13,15,17,19,21,25H,1,4,7-12,14H2,2H3. The summed E-state index contributed by atoms with van der Waals surface area (Å²) in [5.41, 5.74) is 1.04. The molecule has 0 bridgehead atoms. The van der Waals surface area contributed by atoms with Crippen molar-refractivity contribution in [2.45, 2.75) is 37.8 Å². The van der Waals surface area contributed by atoms with Crippen LogP contribution in [-0.2, 0) is 9.53 Å². The van der Waals surface area contributed by atoms with Gasteiger partial charge in [0, 0.05) is 38.1 Å². The van der Waals surface area contributed by atoms with Crippen molar-refractivity contribution in [2.24, 2.45) is 5.92 Å². The smallest absolute Gasteiger partial charge is 0.256 e. The van der Waals surface area contributed by atoms with E-state index >= 15 is 0 Å². The maximum Gasteiger partial charge on any atom is 0.256 e. The second-order valence-corrected chi connectivity index (χ2v) is 8.56. The lowest BCUT2D eigenvalue weighted by molar-refractivity contribution is -0.137. The third-order valence-corrected chi connectivity index (χ3v) is 6.58. The Morgan fingerprint density at radius 1 is 1.37 bits per heavy atom. The van der Waals surface area contributed by atoms with E-state index in [0.29, 0.717) is 39.4 Å². The summed E-state index contributed by atoms with van der Waals surface area (Å²) in [6.45, 7) is 8.96. The first-order valence-electron chi connectivity index (χ1n) is 10.8. The summed E-state index contributed by atoms with van der Waals surface area (Å²) in [5.74, 6) is -0.451. The largest absolute Gasteiger partial charge is 0.378 e. The number of fused-ring (bicyclic) bond motifs is 1. The first-order valence-corrected chi connectivity index (χ1v) is 10.8. The summed E-state index contributed by atoms with van der Waals surface area (Å²) in [6.07, 6.45) is 3.44. The van der Waals surface area contributed by atoms with Crippen LogP contribution in [-0.4, -0.2) is 73.1 Å². The topological polar surface area (TPSA) is 61.9 Å². The molecule has 4 unspecified atom stereocenters. The number of likely N-dealkylation sites (tertiary alicyclic amines) is 1. The lowest BCUT2D eigenvalue weighted by atomic mass is 9.77. The van der Waals surface area contributed by atoms with Crippen LogP contribution in [0.4, 0.5) is 4.39 Å². The number of morpholine rings is 1. The molecule has 3 aliphatic heterocycles. The zero-order valence-corrected chi connectivity index (χ0v) is 17.5. The van der Waals surface area contributed by atoms with Gasteiger partial charge in [0.05, 0.1) is 24.8 Å². The van der Waals surface area contributed by atoms with Gasteiger partial charge in [-0.2, -0.15) is 0 Å². The van der Waals surface area contributed by atoms with Crippen LogP contribution in [0.15, 0.2) is 30.9 Å². The van der Waals surface area contributed by atoms with Crippen molar-refractivity contribution in [1.82, 2.24) is 15.1 Å². The number of halogens is 1. The molecule has 0 spiro atoms. The van der Waals surface area contributed by atoms with E-state index in [4.69, 9.17) is 4.74 Å². The molecular formula is C23H30FN3O3. The van der Waals surface area contributed by atoms with Gasteiger partial charge in [-0.25, -0.2) is 4.39 Å². The van der Waals surface area contributed by atoms with Crippen molar-refractivity contribution in [2.75, 3.05) is 39.4 Å². The van der Waals surface area contributed by atoms with Crippen molar-refractivity contribution in [1.29, 1.82) is 0 Å². The quantitative estimate of drug-likeness (QED) is 0.749. The van der Waals surface area contributed by atoms with Crippen LogP contribution < -0.4 is 5.32 Å². The maximum atomic E-state index is 14.6. The number of carbonyl (C=O) groups is 2. The maximum absolute atomic E-state index is 14.6. The minimum Gasteiger partial charge on any atom is -0.378 e. The highest BCUT2D eigenvalue weighted by atomic mass is 19.1. The lowest BCUT2D eigenvalue weighted by Gasteiger charge is -2.40. The van der Waals surface area contributed by atoms with Crippen molar-refractivity contribution >= 4 is 11.8 Å². The normalized spacial score (nSPS) is 29.1. The fourth-order valence-electron chi connectivity index (χ4n) is 5.03. The SMILES string of the molecule is C=CCCN1CC(c2ccc(F)c(C(=O)N3CCOCC3)c2)C2CC(C)NC2C1=O. The van der Waals surface area contributed by atoms with Crippen molar-refractivity contribution in [3.63, 3.8) is 0 Å². The zero-order valence-electron chi connectivity index (χ0n) is 17.5. The third kappa shape index (κ3) is 4.01. The summed E-state index contributed by atoms with van der Waals surface area (Å²) in [6, 6.07) is 4.90. The molecule has 1 aromatic carbocycles. The number of rotatable bonds is 5. The first kappa shape index (κ1) is 21.0. The Balaban J connectivity index is 1.63. The van der Waals surface area contributed by atoms with Gasteiger partial charge in [-0.1, -0.05) is 12.1 Å². The minimum absolute atomic E-state index is 0.0619. The number of hydrogen-bond donors (Lipinski definition) is 1. The molecule has 2 amide bonds. The average Bonchev–Trinajstić information content (AvgIpc) is 3.16. The van der Waals surface area contributed by atoms with E-state index in [9.17, 15) is 14.0 Å². The summed E-state index contributed by atoms with van der Waals surface area (Å²) < 4.78 is 19.9. The van der Waals surface area contributed by atoms with Gasteiger partial charge in [-0.3, -0.25) is 9.59 Å². The van der Waals surface area contributed by atoms with Crippen LogP contribution in [0.5, 0.6) is 0 Å². The summed E-state index contributed by atoms with van der Waals surface area (Å²) in [4.78, 5) is 29.4. The Morgan fingerprint density at radius 2 is 2.13 bits per heavy atom. The van der Waals surface area contributed by atoms with Crippen LogP contribution in [0.3, 0.4) is 0 Å². The predicted octanol–water partition coefficient (Wildman–Crippen LogP) is 2.17. The number of amides is 2. The van der Waals surface area contributed by atoms with E-state index in [1.165, 1.54) is 6.07 Å². The zero-order chi connectivity index (χ0) is 21.3. The van der Waals surface area contributed by atoms with E-state index in [0.717, 1.165) is 18.4 Å². The van der Waals surface area contributed by atoms with Crippen molar-refractivity contribution in [3.8, 4) is 0 Å². The second kappa shape index (κ2) is 8.86. The van der Waals surface area contributed by atoms with E-state index in [1.807, 2.05) is 11.0 Å². The number of nitrogens with zero attached hydrogens (tertiary/aromatic N) is 2. The summed E-state index contributed by atoms with van der Waals surface area (Å²) in [5, 5.41) is 3.43. The molecule has 4 atom stereocenters. The lowest BCUT2D eigenvalue weighted by Crippen LogP contribution is -2.55. The predicted molar refractivity (Wildman–Crippen MR) is 112 cm³/mol. The highest BCUT2D eigenvalue weighted by Crippen LogP contribution is 2.40. The molecule has 0 aromatic heterocycles. The van der Waals surface area contributed by atoms with E-state index in [2.05, 4.69) is 18.8 Å². The summed E-state index contributed by atoms with van der Waals surface area (Å²) in [7, 11) is 0. The monoisotopic (exact) mass is 415 g/mol. The molecule has 0 saturated carbocycles. The minimum atomic E-state index is -0.500. The molecule has 6 nitrogen and oxygen atoms in total. The number of carbonyl (C=O) groups excluding carboxylic acids is 2. The first-order chi connectivity index (χ1) is 14.5. The molecule has 3 saturated heterocycles. The van der Waals surface area contributed by atoms with E-state index < -0.39 is 5.82 Å². The summed E-state index contributed by atoms with van der Waals surface area (Å²) >= 11 is 0. The number of hydrogen-bond acceptors (Lipinski definition) is 4. The van der Waals surface area contributed by atoms with Crippen LogP contribution in [0, 0.1) is 11.7 Å². The molecule has 7 heteroatoms. The van der Waals surface area contributed by atoms with Gasteiger partial charge in [0.1, 0.15) is 5.82 Å². The van der Waals surface area contributed by atoms with E-state index in [1.54, 1.807) is 17.0 Å². The van der Waals surface area contributed by atoms with Gasteiger partial charge in [0.25, 0.3) is 5.91 Å². The Labute approximate surface area is 177 Å². The molecular weight excluding hydrogens is 385 g/mol. The fourth-order valence-corrected chi connectivity index (χ4v) is 5.03. The van der Waals surface area contributed by atoms with Crippen LogP contribution in [0.2, 0.25) is 0 Å². The van der Waals surface area contributed by atoms with E-state index in [-0.39, 0.29) is 41.3 Å². The van der Waals surface area contributed by atoms with Crippen LogP contribution in [0.25, 0.3) is 0 Å². The average molecular weight is 416 g/mol. The van der Waals surface area contributed by atoms with Crippen LogP contribution >= 0.6 is 0 Å². The fraction of sp³-hybridized carbons (Fsp3) is 0.565. The van der Waals surface area contributed by atoms with Gasteiger partial charge in [-0.05, 0) is 43.4 Å². The second-order valence-electron chi connectivity index (χ2n) is 8.56. The highest BCUT2D eigenvalue weighted by Gasteiger charge is 2.47. The highest BCUT2D eigenvalue weighted by molar-refractivity contribution is 5.95. The van der Waals surface area contributed by atoms with Gasteiger partial charge in [0.2, 0.25) is 5.91 Å². The van der Waals surface area contributed by atoms with Gasteiger partial charge in [0.15, 0.2) is 0 Å². The van der Waals surface area contributed by atoms with Gasteiger partial charge in [-0.15, -0.1) is 6.58 Å². The molecule has 30 heavy (non-hydrogen) atoms. The Hall–Kier alpha value is -2.25. The number of ether oxygens (including phenoxy) is 1.